The molecule has 2 aliphatic carbocycles. The van der Waals surface area contributed by atoms with Crippen molar-refractivity contribution >= 4 is 52.5 Å². The van der Waals surface area contributed by atoms with Crippen molar-refractivity contribution in [2.75, 3.05) is 19.6 Å². The largest absolute Gasteiger partial charge is 0.504 e. The van der Waals surface area contributed by atoms with Crippen LogP contribution in [0.15, 0.2) is 103 Å². The summed E-state index contributed by atoms with van der Waals surface area (Å²) in [6, 6.07) is 26.0. The second-order valence-corrected chi connectivity index (χ2v) is 14.7. The second-order valence-electron chi connectivity index (χ2n) is 13.9. The predicted octanol–water partition coefficient (Wildman–Crippen LogP) is 6.90. The Hall–Kier alpha value is -5.32. The number of carbonyl (C=O) groups is 4. The minimum atomic E-state index is -1.54. The molecule has 8 rings (SSSR count). The lowest BCUT2D eigenvalue weighted by Gasteiger charge is -2.50. The van der Waals surface area contributed by atoms with Crippen LogP contribution in [0.5, 0.6) is 17.2 Å². The first-order chi connectivity index (χ1) is 25.6. The smallest absolute Gasteiger partial charge is 0.260 e. The molecule has 53 heavy (non-hydrogen) atoms. The van der Waals surface area contributed by atoms with E-state index >= 15 is 4.79 Å². The molecule has 3 fully saturated rings. The summed E-state index contributed by atoms with van der Waals surface area (Å²) >= 11 is 12.7. The molecule has 12 heteroatoms. The Kier molecular flexibility index (Phi) is 8.70. The van der Waals surface area contributed by atoms with Crippen molar-refractivity contribution in [2.24, 2.45) is 23.7 Å². The third-order valence-corrected chi connectivity index (χ3v) is 11.9. The average molecular weight is 753 g/mol. The van der Waals surface area contributed by atoms with Gasteiger partial charge in [-0.05, 0) is 77.9 Å². The lowest BCUT2D eigenvalue weighted by molar-refractivity contribution is -0.142. The maximum Gasteiger partial charge on any atom is 0.260 e. The Morgan fingerprint density at radius 1 is 0.849 bits per heavy atom. The van der Waals surface area contributed by atoms with E-state index in [0.29, 0.717) is 27.6 Å². The van der Waals surface area contributed by atoms with Crippen LogP contribution < -0.4 is 14.9 Å². The standard InChI is InChI=1S/C41H35Cl2N3O7/c1-52-26-12-9-24(10-13-26)41-30(38(49)46(40(41)51)44-32-16-11-25(42)19-31(32)43)20-29-27(36(41)23-8-17-33(47)34(18-23)53-2)14-15-28-35(29)39(50)45(37(28)48)21-22-6-4-3-5-7-22/h3-14,16-19,28-30,35-36,44,47H,15,20-21H2,1-2H3/t28-,29+,30-,35-,36-,41+/m0/s1. The zero-order chi connectivity index (χ0) is 37.2. The fraction of sp³-hybridized carbons (Fsp3) is 0.268. The molecule has 10 nitrogen and oxygen atoms in total. The number of allylic oxidation sites excluding steroid dienone is 2. The first-order valence-corrected chi connectivity index (χ1v) is 18.0. The minimum absolute atomic E-state index is 0.0982. The van der Waals surface area contributed by atoms with E-state index in [0.717, 1.165) is 16.1 Å². The normalized spacial score (nSPS) is 26.2. The molecule has 0 spiro atoms. The number of carbonyl (C=O) groups excluding carboxylic acids is 4. The van der Waals surface area contributed by atoms with Gasteiger partial charge in [0.2, 0.25) is 11.8 Å². The first-order valence-electron chi connectivity index (χ1n) is 17.3. The summed E-state index contributed by atoms with van der Waals surface area (Å²) in [4.78, 5) is 60.0. The van der Waals surface area contributed by atoms with Gasteiger partial charge < -0.3 is 14.6 Å². The lowest BCUT2D eigenvalue weighted by atomic mass is 9.49. The number of phenols is 1. The van der Waals surface area contributed by atoms with Gasteiger partial charge in [-0.15, -0.1) is 0 Å². The van der Waals surface area contributed by atoms with E-state index in [1.807, 2.05) is 36.4 Å². The number of nitrogens with one attached hydrogen (secondary N) is 1. The van der Waals surface area contributed by atoms with Crippen molar-refractivity contribution in [3.8, 4) is 17.2 Å². The summed E-state index contributed by atoms with van der Waals surface area (Å²) in [5, 5.41) is 12.3. The molecule has 0 aromatic heterocycles. The number of hydrazine groups is 1. The molecule has 4 aromatic rings. The van der Waals surface area contributed by atoms with E-state index in [9.17, 15) is 19.5 Å². The summed E-state index contributed by atoms with van der Waals surface area (Å²) in [6.45, 7) is 0.141. The number of likely N-dealkylation sites (tertiary alicyclic amines) is 1. The first kappa shape index (κ1) is 34.7. The van der Waals surface area contributed by atoms with Crippen LogP contribution in [0.2, 0.25) is 10.0 Å². The SMILES string of the molecule is COc1ccc([C@@]23C(=O)N(Nc4ccc(Cl)cc4Cl)C(=O)[C@@H]2C[C@@H]2C(=CC[C@@H]4C(=O)N(Cc5ccccc5)C(=O)[C@@H]42)[C@@H]3c2ccc(O)c(OC)c2)cc1. The summed E-state index contributed by atoms with van der Waals surface area (Å²) in [5.41, 5.74) is 4.52. The number of hydrogen-bond donors (Lipinski definition) is 2. The van der Waals surface area contributed by atoms with Crippen molar-refractivity contribution in [3.63, 3.8) is 0 Å². The minimum Gasteiger partial charge on any atom is -0.504 e. The third kappa shape index (κ3) is 5.37. The lowest BCUT2D eigenvalue weighted by Crippen LogP contribution is -2.53. The Balaban J connectivity index is 1.32. The number of ether oxygens (including phenoxy) is 2. The van der Waals surface area contributed by atoms with Crippen molar-refractivity contribution in [1.29, 1.82) is 0 Å². The molecule has 270 valence electrons. The molecule has 4 aromatic carbocycles. The van der Waals surface area contributed by atoms with E-state index in [1.165, 1.54) is 24.1 Å². The van der Waals surface area contributed by atoms with Gasteiger partial charge in [0, 0.05) is 10.9 Å². The number of anilines is 1. The van der Waals surface area contributed by atoms with E-state index in [-0.39, 0.29) is 47.7 Å². The molecule has 2 heterocycles. The van der Waals surface area contributed by atoms with E-state index in [2.05, 4.69) is 5.43 Å². The van der Waals surface area contributed by atoms with Crippen LogP contribution in [0, 0.1) is 23.7 Å². The molecule has 1 saturated carbocycles. The number of benzene rings is 4. The molecule has 2 aliphatic heterocycles. The zero-order valence-corrected chi connectivity index (χ0v) is 30.3. The zero-order valence-electron chi connectivity index (χ0n) is 28.8. The highest BCUT2D eigenvalue weighted by Crippen LogP contribution is 2.64. The fourth-order valence-electron chi connectivity index (χ4n) is 9.08. The Bertz CT molecular complexity index is 2190. The van der Waals surface area contributed by atoms with Gasteiger partial charge in [0.25, 0.3) is 11.8 Å². The number of halogens is 2. The maximum atomic E-state index is 15.4. The highest BCUT2D eigenvalue weighted by Gasteiger charge is 2.70. The molecule has 0 radical (unpaired) electrons. The topological polar surface area (TPSA) is 125 Å². The number of hydrogen-bond acceptors (Lipinski definition) is 8. The Labute approximate surface area is 315 Å². The van der Waals surface area contributed by atoms with Crippen LogP contribution in [0.25, 0.3) is 0 Å². The van der Waals surface area contributed by atoms with Gasteiger partial charge in [-0.2, -0.15) is 5.01 Å². The summed E-state index contributed by atoms with van der Waals surface area (Å²) in [5.74, 6) is -4.64. The Morgan fingerprint density at radius 3 is 2.30 bits per heavy atom. The molecule has 4 amide bonds. The molecule has 4 aliphatic rings. The van der Waals surface area contributed by atoms with Crippen molar-refractivity contribution < 1.29 is 33.8 Å². The number of imide groups is 2. The quantitative estimate of drug-likeness (QED) is 0.147. The maximum absolute atomic E-state index is 15.4. The van der Waals surface area contributed by atoms with Gasteiger partial charge in [0.1, 0.15) is 5.75 Å². The van der Waals surface area contributed by atoms with E-state index in [1.54, 1.807) is 55.6 Å². The fourth-order valence-corrected chi connectivity index (χ4v) is 9.53. The molecule has 0 unspecified atom stereocenters. The molecular weight excluding hydrogens is 717 g/mol. The van der Waals surface area contributed by atoms with E-state index < -0.39 is 46.8 Å². The predicted molar refractivity (Wildman–Crippen MR) is 197 cm³/mol. The van der Waals surface area contributed by atoms with Crippen LogP contribution in [0.1, 0.15) is 35.4 Å². The van der Waals surface area contributed by atoms with Crippen LogP contribution >= 0.6 is 23.2 Å². The number of methoxy groups -OCH3 is 2. The number of fused-ring (bicyclic) bond motifs is 4. The molecular formula is C41H35Cl2N3O7. The Morgan fingerprint density at radius 2 is 1.60 bits per heavy atom. The van der Waals surface area contributed by atoms with Gasteiger partial charge in [-0.1, -0.05) is 83.4 Å². The number of aromatic hydroxyl groups is 1. The van der Waals surface area contributed by atoms with Crippen LogP contribution in [0.3, 0.4) is 0 Å². The van der Waals surface area contributed by atoms with Crippen molar-refractivity contribution in [3.05, 3.63) is 129 Å². The number of rotatable bonds is 8. The summed E-state index contributed by atoms with van der Waals surface area (Å²) < 4.78 is 11.0. The molecule has 2 saturated heterocycles. The summed E-state index contributed by atoms with van der Waals surface area (Å²) in [7, 11) is 2.98. The molecule has 2 N–H and O–H groups in total. The average Bonchev–Trinajstić information content (AvgIpc) is 3.53. The van der Waals surface area contributed by atoms with E-state index in [4.69, 9.17) is 32.7 Å². The second kappa shape index (κ2) is 13.3. The number of nitrogens with zero attached hydrogens (tertiary/aromatic N) is 2. The van der Waals surface area contributed by atoms with Crippen LogP contribution in [0.4, 0.5) is 5.69 Å². The van der Waals surface area contributed by atoms with Gasteiger partial charge in [0.05, 0.1) is 54.6 Å². The van der Waals surface area contributed by atoms with Crippen molar-refractivity contribution in [2.45, 2.75) is 30.7 Å². The van der Waals surface area contributed by atoms with Gasteiger partial charge >= 0.3 is 0 Å². The highest BCUT2D eigenvalue weighted by atomic mass is 35.5. The van der Waals surface area contributed by atoms with Gasteiger partial charge in [-0.3, -0.25) is 29.5 Å². The monoisotopic (exact) mass is 751 g/mol. The van der Waals surface area contributed by atoms with Crippen LogP contribution in [-0.2, 0) is 31.1 Å². The van der Waals surface area contributed by atoms with Crippen LogP contribution in [-0.4, -0.2) is 52.9 Å². The number of amides is 4. The van der Waals surface area contributed by atoms with Gasteiger partial charge in [-0.25, -0.2) is 0 Å². The molecule has 6 atom stereocenters. The summed E-state index contributed by atoms with van der Waals surface area (Å²) in [6.07, 6.45) is 2.39. The third-order valence-electron chi connectivity index (χ3n) is 11.4. The van der Waals surface area contributed by atoms with Gasteiger partial charge in [0.15, 0.2) is 11.5 Å². The molecule has 0 bridgehead atoms. The highest BCUT2D eigenvalue weighted by molar-refractivity contribution is 6.36. The van der Waals surface area contributed by atoms with Crippen molar-refractivity contribution in [1.82, 2.24) is 9.91 Å². The number of phenolic OH excluding ortho intramolecular Hbond substituents is 1.